The van der Waals surface area contributed by atoms with Crippen molar-refractivity contribution >= 4 is 31.3 Å². The highest BCUT2D eigenvalue weighted by Gasteiger charge is 2.11. The summed E-state index contributed by atoms with van der Waals surface area (Å²) < 4.78 is 0. The smallest absolute Gasteiger partial charge is 0.426 e. The predicted octanol–water partition coefficient (Wildman–Crippen LogP) is 2.11. The molecule has 0 aliphatic carbocycles. The molecule has 0 heterocycles. The van der Waals surface area contributed by atoms with Gasteiger partial charge in [-0.1, -0.05) is 93.1 Å². The molecule has 3 aromatic rings. The quantitative estimate of drug-likeness (QED) is 0.143. The zero-order chi connectivity index (χ0) is 31.2. The molecule has 0 radical (unpaired) electrons. The van der Waals surface area contributed by atoms with Gasteiger partial charge in [-0.3, -0.25) is 19.2 Å². The van der Waals surface area contributed by atoms with Crippen LogP contribution >= 0.6 is 0 Å². The lowest BCUT2D eigenvalue weighted by atomic mass is 9.93. The fraction of sp³-hybridized carbons (Fsp3) is 0.290. The van der Waals surface area contributed by atoms with Crippen LogP contribution in [0.5, 0.6) is 0 Å². The Hall–Kier alpha value is -4.48. The Kier molecular flexibility index (Phi) is 18.0. The lowest BCUT2D eigenvalue weighted by Gasteiger charge is -2.14. The highest BCUT2D eigenvalue weighted by Crippen LogP contribution is 2.19. The van der Waals surface area contributed by atoms with E-state index in [4.69, 9.17) is 10.0 Å². The second kappa shape index (κ2) is 21.3. The predicted molar refractivity (Wildman–Crippen MR) is 165 cm³/mol. The van der Waals surface area contributed by atoms with E-state index >= 15 is 0 Å². The van der Waals surface area contributed by atoms with Crippen molar-refractivity contribution in [2.45, 2.75) is 39.7 Å². The third-order valence-corrected chi connectivity index (χ3v) is 5.28. The van der Waals surface area contributed by atoms with Gasteiger partial charge in [0.15, 0.2) is 0 Å². The summed E-state index contributed by atoms with van der Waals surface area (Å²) in [6.07, 6.45) is 2.15. The van der Waals surface area contributed by atoms with Crippen molar-refractivity contribution < 1.29 is 29.2 Å². The van der Waals surface area contributed by atoms with Crippen molar-refractivity contribution in [3.05, 3.63) is 96.1 Å². The number of carbonyl (C=O) groups excluding carboxylic acids is 4. The van der Waals surface area contributed by atoms with Gasteiger partial charge in [0.2, 0.25) is 18.2 Å². The second-order valence-electron chi connectivity index (χ2n) is 9.27. The molecule has 1 atom stereocenters. The van der Waals surface area contributed by atoms with Gasteiger partial charge < -0.3 is 31.3 Å². The van der Waals surface area contributed by atoms with Gasteiger partial charge in [-0.25, -0.2) is 0 Å². The largest absolute Gasteiger partial charge is 0.472 e. The fourth-order valence-corrected chi connectivity index (χ4v) is 3.45. The normalized spacial score (nSPS) is 10.3. The Balaban J connectivity index is 0.000000529. The minimum atomic E-state index is -1.56. The van der Waals surface area contributed by atoms with E-state index in [0.29, 0.717) is 12.0 Å². The van der Waals surface area contributed by atoms with Gasteiger partial charge in [-0.2, -0.15) is 0 Å². The summed E-state index contributed by atoms with van der Waals surface area (Å²) in [5.41, 5.74) is 3.84. The van der Waals surface area contributed by atoms with E-state index in [-0.39, 0.29) is 37.4 Å². The average Bonchev–Trinajstić information content (AvgIpc) is 2.99. The summed E-state index contributed by atoms with van der Waals surface area (Å²) in [6, 6.07) is 27.3. The minimum absolute atomic E-state index is 0.00282. The van der Waals surface area contributed by atoms with Crippen LogP contribution in [-0.4, -0.2) is 66.9 Å². The molecule has 3 rings (SSSR count). The van der Waals surface area contributed by atoms with Crippen LogP contribution in [0, 0.1) is 0 Å². The van der Waals surface area contributed by atoms with Crippen molar-refractivity contribution in [1.82, 2.24) is 21.3 Å². The van der Waals surface area contributed by atoms with Crippen molar-refractivity contribution in [2.75, 3.05) is 19.5 Å². The molecule has 4 amide bonds. The van der Waals surface area contributed by atoms with Crippen molar-refractivity contribution in [1.29, 1.82) is 0 Å². The first-order valence-corrected chi connectivity index (χ1v) is 13.8. The van der Waals surface area contributed by atoms with Gasteiger partial charge in [-0.15, -0.1) is 0 Å². The first kappa shape index (κ1) is 35.6. The van der Waals surface area contributed by atoms with Gasteiger partial charge >= 0.3 is 7.12 Å². The topological polar surface area (TPSA) is 157 Å². The summed E-state index contributed by atoms with van der Waals surface area (Å²) in [6.45, 7) is 6.00. The van der Waals surface area contributed by atoms with Crippen LogP contribution in [0.2, 0.25) is 0 Å². The molecule has 10 nitrogen and oxygen atoms in total. The number of nitrogens with one attached hydrogen (secondary N) is 4. The van der Waals surface area contributed by atoms with E-state index in [1.807, 2.05) is 79.7 Å². The van der Waals surface area contributed by atoms with Crippen LogP contribution < -0.4 is 21.3 Å². The molecule has 0 aliphatic rings. The van der Waals surface area contributed by atoms with E-state index in [1.54, 1.807) is 12.1 Å². The zero-order valence-electron chi connectivity index (χ0n) is 24.4. The molecule has 0 aliphatic heterocycles. The van der Waals surface area contributed by atoms with Gasteiger partial charge in [0.05, 0.1) is 19.5 Å². The van der Waals surface area contributed by atoms with Gasteiger partial charge in [0, 0.05) is 11.6 Å². The van der Waals surface area contributed by atoms with Crippen molar-refractivity contribution in [3.63, 3.8) is 0 Å². The van der Waals surface area contributed by atoms with Crippen LogP contribution in [-0.2, 0) is 20.8 Å². The molecular formula is C31H41BN4O6. The molecule has 224 valence electrons. The summed E-state index contributed by atoms with van der Waals surface area (Å²) in [5, 5.41) is 26.4. The molecule has 11 heteroatoms. The molecule has 0 bridgehead atoms. The highest BCUT2D eigenvalue weighted by atomic mass is 16.4. The molecule has 6 N–H and O–H groups in total. The maximum atomic E-state index is 12.3. The summed E-state index contributed by atoms with van der Waals surface area (Å²) in [4.78, 5) is 44.6. The Labute approximate surface area is 248 Å². The Morgan fingerprint density at radius 2 is 1.33 bits per heavy atom. The van der Waals surface area contributed by atoms with Gasteiger partial charge in [0.1, 0.15) is 0 Å². The fourth-order valence-electron chi connectivity index (χ4n) is 3.45. The first-order valence-electron chi connectivity index (χ1n) is 13.8. The van der Waals surface area contributed by atoms with Gasteiger partial charge in [-0.05, 0) is 42.2 Å². The van der Waals surface area contributed by atoms with E-state index in [9.17, 15) is 19.2 Å². The Morgan fingerprint density at radius 3 is 1.88 bits per heavy atom. The molecule has 0 aromatic heterocycles. The van der Waals surface area contributed by atoms with Crippen LogP contribution in [0.3, 0.4) is 0 Å². The number of rotatable bonds is 12. The number of hydrogen-bond donors (Lipinski definition) is 6. The van der Waals surface area contributed by atoms with Crippen molar-refractivity contribution in [3.8, 4) is 11.1 Å². The lowest BCUT2D eigenvalue weighted by Crippen LogP contribution is -2.41. The van der Waals surface area contributed by atoms with E-state index in [1.165, 1.54) is 6.42 Å². The third kappa shape index (κ3) is 16.0. The summed E-state index contributed by atoms with van der Waals surface area (Å²) in [7, 11) is -1.56. The van der Waals surface area contributed by atoms with Crippen LogP contribution in [0.1, 0.15) is 43.1 Å². The number of carbonyl (C=O) groups is 4. The highest BCUT2D eigenvalue weighted by molar-refractivity contribution is 6.41. The molecule has 3 aromatic carbocycles. The Bertz CT molecular complexity index is 1200. The maximum Gasteiger partial charge on any atom is 0.472 e. The minimum Gasteiger partial charge on any atom is -0.426 e. The molecule has 0 saturated carbocycles. The Morgan fingerprint density at radius 1 is 0.786 bits per heavy atom. The van der Waals surface area contributed by atoms with E-state index < -0.39 is 13.0 Å². The number of hydrogen-bond acceptors (Lipinski definition) is 6. The van der Waals surface area contributed by atoms with E-state index in [2.05, 4.69) is 35.1 Å². The molecule has 1 unspecified atom stereocenters. The standard InChI is InChI=1S/C24H24N2O2.C4H9BN2O4.C3H8/c1-18(16-19-8-4-2-5-9-19)26-23(27)17-25-24(28)22-14-12-21(13-15-22)20-10-6-3-7-11-20;8-3-6-1-4(9)7-2-5(10)11;1-3-2/h2-15,18H,16-17H2,1H3,(H,25,28)(H,26,27);3,10-11H,1-2H2,(H,6,8)(H,7,9);3H2,1-2H3. The average molecular weight is 577 g/mol. The summed E-state index contributed by atoms with van der Waals surface area (Å²) >= 11 is 0. The SMILES string of the molecule is CC(Cc1ccccc1)NC(=O)CNC(=O)c1ccc(-c2ccccc2)cc1.CCC.O=CNCC(=O)NCB(O)O. The summed E-state index contributed by atoms with van der Waals surface area (Å²) in [5.74, 6) is -0.923. The molecule has 0 spiro atoms. The molecule has 0 saturated heterocycles. The number of benzene rings is 3. The van der Waals surface area contributed by atoms with Crippen LogP contribution in [0.25, 0.3) is 11.1 Å². The third-order valence-electron chi connectivity index (χ3n) is 5.28. The van der Waals surface area contributed by atoms with Crippen LogP contribution in [0.15, 0.2) is 84.9 Å². The van der Waals surface area contributed by atoms with Crippen LogP contribution in [0.4, 0.5) is 0 Å². The maximum absolute atomic E-state index is 12.3. The lowest BCUT2D eigenvalue weighted by molar-refractivity contribution is -0.122. The second-order valence-corrected chi connectivity index (χ2v) is 9.27. The van der Waals surface area contributed by atoms with Crippen molar-refractivity contribution in [2.24, 2.45) is 0 Å². The first-order chi connectivity index (χ1) is 20.2. The molecule has 0 fully saturated rings. The van der Waals surface area contributed by atoms with Gasteiger partial charge in [0.25, 0.3) is 5.91 Å². The zero-order valence-corrected chi connectivity index (χ0v) is 24.4. The van der Waals surface area contributed by atoms with E-state index in [0.717, 1.165) is 23.1 Å². The number of amides is 4. The molecule has 42 heavy (non-hydrogen) atoms. The monoisotopic (exact) mass is 576 g/mol. The molecular weight excluding hydrogens is 535 g/mol.